The van der Waals surface area contributed by atoms with E-state index in [2.05, 4.69) is 41.5 Å². The number of H-pyrrole nitrogens is 2. The molecule has 4 aromatic rings. The van der Waals surface area contributed by atoms with E-state index in [-0.39, 0.29) is 0 Å². The van der Waals surface area contributed by atoms with Crippen molar-refractivity contribution in [3.8, 4) is 11.5 Å². The molecule has 1 aliphatic heterocycles. The number of imidazole rings is 1. The molecular formula is C17H17N7. The number of nitrogens with one attached hydrogen (secondary N) is 3. The lowest BCUT2D eigenvalue weighted by molar-refractivity contribution is 0.460. The van der Waals surface area contributed by atoms with Crippen LogP contribution in [0.5, 0.6) is 0 Å². The minimum absolute atomic E-state index is 0.559. The first-order chi connectivity index (χ1) is 11.9. The monoisotopic (exact) mass is 319 g/mol. The van der Waals surface area contributed by atoms with Crippen LogP contribution in [-0.4, -0.2) is 43.2 Å². The summed E-state index contributed by atoms with van der Waals surface area (Å²) in [6.45, 7) is 2.13. The quantitative estimate of drug-likeness (QED) is 0.527. The summed E-state index contributed by atoms with van der Waals surface area (Å²) in [4.78, 5) is 16.7. The lowest BCUT2D eigenvalue weighted by Crippen LogP contribution is -2.26. The van der Waals surface area contributed by atoms with Crippen LogP contribution in [0.25, 0.3) is 33.7 Å². The van der Waals surface area contributed by atoms with Gasteiger partial charge in [-0.2, -0.15) is 5.10 Å². The molecule has 4 aromatic heterocycles. The number of rotatable bonds is 2. The van der Waals surface area contributed by atoms with Gasteiger partial charge in [0.25, 0.3) is 0 Å². The third-order valence-corrected chi connectivity index (χ3v) is 4.74. The van der Waals surface area contributed by atoms with Gasteiger partial charge in [0.1, 0.15) is 5.69 Å². The minimum Gasteiger partial charge on any atom is -0.335 e. The third-order valence-electron chi connectivity index (χ3n) is 4.74. The first-order valence-electron chi connectivity index (χ1n) is 8.24. The number of nitrogens with zero attached hydrogens (tertiary/aromatic N) is 4. The highest BCUT2D eigenvalue weighted by Crippen LogP contribution is 2.30. The maximum absolute atomic E-state index is 4.57. The Hall–Kier alpha value is -2.80. The standard InChI is InChI=1S/C17H17N7/c1-2-13-16(19-5-1)22-17(21-13)14-12-8-11(9-20-15(12)24-23-14)10-3-6-18-7-4-10/h1-2,5,8-10,18H,3-4,6-7H2,(H,19,21,22)(H,20,23,24). The molecule has 5 heterocycles. The molecule has 0 atom stereocenters. The maximum atomic E-state index is 4.57. The van der Waals surface area contributed by atoms with E-state index in [4.69, 9.17) is 0 Å². The Bertz CT molecular complexity index is 977. The summed E-state index contributed by atoms with van der Waals surface area (Å²) in [6.07, 6.45) is 6.00. The van der Waals surface area contributed by atoms with Crippen LogP contribution < -0.4 is 5.32 Å². The summed E-state index contributed by atoms with van der Waals surface area (Å²) >= 11 is 0. The summed E-state index contributed by atoms with van der Waals surface area (Å²) in [6, 6.07) is 6.07. The second-order valence-electron chi connectivity index (χ2n) is 6.22. The maximum Gasteiger partial charge on any atom is 0.181 e. The lowest BCUT2D eigenvalue weighted by Gasteiger charge is -2.22. The molecule has 7 heteroatoms. The Balaban J connectivity index is 1.62. The van der Waals surface area contributed by atoms with Crippen molar-refractivity contribution in [1.82, 2.24) is 35.5 Å². The molecule has 3 N–H and O–H groups in total. The largest absolute Gasteiger partial charge is 0.335 e. The third kappa shape index (κ3) is 2.16. The fourth-order valence-corrected chi connectivity index (χ4v) is 3.44. The number of pyridine rings is 2. The van der Waals surface area contributed by atoms with E-state index in [9.17, 15) is 0 Å². The second kappa shape index (κ2) is 5.38. The van der Waals surface area contributed by atoms with Gasteiger partial charge in [-0.15, -0.1) is 0 Å². The van der Waals surface area contributed by atoms with E-state index in [0.717, 1.165) is 54.0 Å². The predicted octanol–water partition coefficient (Wildman–Crippen LogP) is 2.36. The van der Waals surface area contributed by atoms with E-state index < -0.39 is 0 Å². The number of hydrogen-bond donors (Lipinski definition) is 3. The van der Waals surface area contributed by atoms with Crippen molar-refractivity contribution in [3.63, 3.8) is 0 Å². The molecule has 0 unspecified atom stereocenters. The van der Waals surface area contributed by atoms with E-state index in [1.165, 1.54) is 5.56 Å². The van der Waals surface area contributed by atoms with Gasteiger partial charge in [-0.05, 0) is 55.6 Å². The minimum atomic E-state index is 0.559. The molecule has 1 saturated heterocycles. The van der Waals surface area contributed by atoms with Crippen molar-refractivity contribution in [2.24, 2.45) is 0 Å². The molecule has 120 valence electrons. The number of hydrogen-bond acceptors (Lipinski definition) is 5. The van der Waals surface area contributed by atoms with Gasteiger partial charge < -0.3 is 10.3 Å². The fraction of sp³-hybridized carbons (Fsp3) is 0.294. The molecular weight excluding hydrogens is 302 g/mol. The molecule has 0 saturated carbocycles. The van der Waals surface area contributed by atoms with Gasteiger partial charge in [0, 0.05) is 12.4 Å². The van der Waals surface area contributed by atoms with Crippen LogP contribution in [0.15, 0.2) is 30.6 Å². The van der Waals surface area contributed by atoms with Crippen LogP contribution in [0, 0.1) is 0 Å². The highest BCUT2D eigenvalue weighted by Gasteiger charge is 2.19. The summed E-state index contributed by atoms with van der Waals surface area (Å²) in [5, 5.41) is 11.8. The Morgan fingerprint density at radius 3 is 2.88 bits per heavy atom. The zero-order valence-electron chi connectivity index (χ0n) is 13.1. The number of fused-ring (bicyclic) bond motifs is 2. The van der Waals surface area contributed by atoms with Crippen molar-refractivity contribution in [2.75, 3.05) is 13.1 Å². The van der Waals surface area contributed by atoms with Gasteiger partial charge in [-0.3, -0.25) is 5.10 Å². The van der Waals surface area contributed by atoms with Crippen molar-refractivity contribution in [1.29, 1.82) is 0 Å². The van der Waals surface area contributed by atoms with Crippen LogP contribution in [0.1, 0.15) is 24.3 Å². The first-order valence-corrected chi connectivity index (χ1v) is 8.24. The van der Waals surface area contributed by atoms with Crippen molar-refractivity contribution >= 4 is 22.2 Å². The Morgan fingerprint density at radius 2 is 2.00 bits per heavy atom. The average Bonchev–Trinajstić information content (AvgIpc) is 3.25. The van der Waals surface area contributed by atoms with Gasteiger partial charge in [-0.1, -0.05) is 0 Å². The summed E-state index contributed by atoms with van der Waals surface area (Å²) in [5.41, 5.74) is 4.48. The highest BCUT2D eigenvalue weighted by molar-refractivity contribution is 5.91. The topological polar surface area (TPSA) is 95.2 Å². The number of piperidine rings is 1. The van der Waals surface area contributed by atoms with Crippen LogP contribution in [0.3, 0.4) is 0 Å². The normalized spacial score (nSPS) is 16.2. The van der Waals surface area contributed by atoms with Gasteiger partial charge >= 0.3 is 0 Å². The zero-order chi connectivity index (χ0) is 15.9. The molecule has 1 fully saturated rings. The SMILES string of the molecule is c1cnc2nc(-c3[nH]nc4ncc(C5CCNCC5)cc34)[nH]c2c1. The molecule has 24 heavy (non-hydrogen) atoms. The second-order valence-corrected chi connectivity index (χ2v) is 6.22. The summed E-state index contributed by atoms with van der Waals surface area (Å²) < 4.78 is 0. The predicted molar refractivity (Wildman–Crippen MR) is 91.6 cm³/mol. The van der Waals surface area contributed by atoms with Crippen molar-refractivity contribution in [3.05, 3.63) is 36.2 Å². The molecule has 0 bridgehead atoms. The van der Waals surface area contributed by atoms with E-state index >= 15 is 0 Å². The summed E-state index contributed by atoms with van der Waals surface area (Å²) in [5.74, 6) is 1.30. The molecule has 0 amide bonds. The van der Waals surface area contributed by atoms with Crippen LogP contribution in [0.4, 0.5) is 0 Å². The highest BCUT2D eigenvalue weighted by atomic mass is 15.2. The summed E-state index contributed by atoms with van der Waals surface area (Å²) in [7, 11) is 0. The zero-order valence-corrected chi connectivity index (χ0v) is 13.1. The van der Waals surface area contributed by atoms with Crippen LogP contribution >= 0.6 is 0 Å². The van der Waals surface area contributed by atoms with Crippen LogP contribution in [0.2, 0.25) is 0 Å². The van der Waals surface area contributed by atoms with Crippen molar-refractivity contribution < 1.29 is 0 Å². The van der Waals surface area contributed by atoms with Gasteiger partial charge in [0.2, 0.25) is 0 Å². The molecule has 7 nitrogen and oxygen atoms in total. The van der Waals surface area contributed by atoms with E-state index in [1.807, 2.05) is 18.3 Å². The fourth-order valence-electron chi connectivity index (χ4n) is 3.44. The Kier molecular flexibility index (Phi) is 3.05. The molecule has 0 aliphatic carbocycles. The molecule has 0 aromatic carbocycles. The van der Waals surface area contributed by atoms with Gasteiger partial charge in [0.15, 0.2) is 17.1 Å². The Labute approximate surface area is 137 Å². The van der Waals surface area contributed by atoms with E-state index in [0.29, 0.717) is 11.6 Å². The number of aromatic amines is 2. The molecule has 0 radical (unpaired) electrons. The molecule has 5 rings (SSSR count). The molecule has 1 aliphatic rings. The van der Waals surface area contributed by atoms with Crippen molar-refractivity contribution in [2.45, 2.75) is 18.8 Å². The smallest absolute Gasteiger partial charge is 0.181 e. The number of aromatic nitrogens is 6. The van der Waals surface area contributed by atoms with Gasteiger partial charge in [0.05, 0.1) is 10.9 Å². The molecule has 0 spiro atoms. The average molecular weight is 319 g/mol. The Morgan fingerprint density at radius 1 is 1.08 bits per heavy atom. The first kappa shape index (κ1) is 13.6. The lowest BCUT2D eigenvalue weighted by atomic mass is 9.91. The van der Waals surface area contributed by atoms with Gasteiger partial charge in [-0.25, -0.2) is 15.0 Å². The van der Waals surface area contributed by atoms with E-state index in [1.54, 1.807) is 6.20 Å². The van der Waals surface area contributed by atoms with Crippen LogP contribution in [-0.2, 0) is 0 Å².